The average Bonchev–Trinajstić information content (AvgIpc) is 2.20. The lowest BCUT2D eigenvalue weighted by Gasteiger charge is -1.95. The molecule has 0 aromatic rings. The van der Waals surface area contributed by atoms with Crippen molar-refractivity contribution in [3.05, 3.63) is 0 Å². The van der Waals surface area contributed by atoms with Gasteiger partial charge in [-0.3, -0.25) is 0 Å². The minimum atomic E-state index is 0.634. The van der Waals surface area contributed by atoms with Gasteiger partial charge in [0.15, 0.2) is 0 Å². The Morgan fingerprint density at radius 1 is 0.929 bits per heavy atom. The molecule has 0 aliphatic rings. The van der Waals surface area contributed by atoms with Crippen molar-refractivity contribution >= 4 is 0 Å². The molecular formula is C11H31N3. The Kier molecular flexibility index (Phi) is 32.0. The molecule has 0 aliphatic heterocycles. The SMILES string of the molecule is CCCNC.CCNC.CNC(C)C. The Morgan fingerprint density at radius 3 is 1.29 bits per heavy atom. The van der Waals surface area contributed by atoms with Crippen molar-refractivity contribution in [2.75, 3.05) is 34.2 Å². The minimum Gasteiger partial charge on any atom is -0.320 e. The topological polar surface area (TPSA) is 36.1 Å². The molecule has 0 radical (unpaired) electrons. The maximum Gasteiger partial charge on any atom is 0.000733 e. The summed E-state index contributed by atoms with van der Waals surface area (Å²) in [6, 6.07) is 0.634. The molecule has 0 heterocycles. The summed E-state index contributed by atoms with van der Waals surface area (Å²) < 4.78 is 0. The molecule has 0 aromatic heterocycles. The van der Waals surface area contributed by atoms with E-state index < -0.39 is 0 Å². The Bertz CT molecular complexity index is 61.6. The molecule has 0 rings (SSSR count). The second kappa shape index (κ2) is 23.1. The molecule has 0 bridgehead atoms. The van der Waals surface area contributed by atoms with Crippen molar-refractivity contribution in [3.8, 4) is 0 Å². The van der Waals surface area contributed by atoms with E-state index in [0.717, 1.165) is 13.1 Å². The summed E-state index contributed by atoms with van der Waals surface area (Å²) in [5.74, 6) is 0. The maximum absolute atomic E-state index is 3.03. The smallest absolute Gasteiger partial charge is 0.000733 e. The van der Waals surface area contributed by atoms with E-state index in [0.29, 0.717) is 6.04 Å². The molecule has 3 heteroatoms. The van der Waals surface area contributed by atoms with Gasteiger partial charge in [0.1, 0.15) is 0 Å². The molecule has 0 fully saturated rings. The molecule has 0 atom stereocenters. The largest absolute Gasteiger partial charge is 0.320 e. The zero-order chi connectivity index (χ0) is 11.8. The monoisotopic (exact) mass is 205 g/mol. The lowest BCUT2D eigenvalue weighted by atomic mass is 10.4. The van der Waals surface area contributed by atoms with Crippen molar-refractivity contribution in [1.82, 2.24) is 16.0 Å². The zero-order valence-electron chi connectivity index (χ0n) is 11.2. The highest BCUT2D eigenvalue weighted by molar-refractivity contribution is 4.40. The van der Waals surface area contributed by atoms with Crippen LogP contribution in [0.25, 0.3) is 0 Å². The highest BCUT2D eigenvalue weighted by Crippen LogP contribution is 1.66. The normalized spacial score (nSPS) is 8.57. The van der Waals surface area contributed by atoms with Crippen LogP contribution in [0.15, 0.2) is 0 Å². The maximum atomic E-state index is 3.03. The fourth-order valence-electron chi connectivity index (χ4n) is 0.250. The molecule has 0 saturated carbocycles. The van der Waals surface area contributed by atoms with Gasteiger partial charge in [-0.05, 0) is 40.7 Å². The summed E-state index contributed by atoms with van der Waals surface area (Å²) in [5, 5.41) is 8.98. The van der Waals surface area contributed by atoms with E-state index in [4.69, 9.17) is 0 Å². The lowest BCUT2D eigenvalue weighted by Crippen LogP contribution is -2.15. The van der Waals surface area contributed by atoms with Crippen LogP contribution in [0.3, 0.4) is 0 Å². The first kappa shape index (κ1) is 19.5. The second-order valence-electron chi connectivity index (χ2n) is 3.25. The summed E-state index contributed by atoms with van der Waals surface area (Å²) in [6.07, 6.45) is 1.23. The molecule has 0 unspecified atom stereocenters. The van der Waals surface area contributed by atoms with E-state index >= 15 is 0 Å². The molecule has 90 valence electrons. The van der Waals surface area contributed by atoms with Crippen LogP contribution in [-0.2, 0) is 0 Å². The van der Waals surface area contributed by atoms with Gasteiger partial charge in [0.2, 0.25) is 0 Å². The van der Waals surface area contributed by atoms with Crippen LogP contribution in [0.5, 0.6) is 0 Å². The van der Waals surface area contributed by atoms with Crippen LogP contribution >= 0.6 is 0 Å². The van der Waals surface area contributed by atoms with Gasteiger partial charge >= 0.3 is 0 Å². The van der Waals surface area contributed by atoms with Crippen molar-refractivity contribution in [2.24, 2.45) is 0 Å². The molecular weight excluding hydrogens is 174 g/mol. The van der Waals surface area contributed by atoms with Crippen LogP contribution in [0.1, 0.15) is 34.1 Å². The number of rotatable bonds is 4. The van der Waals surface area contributed by atoms with Gasteiger partial charge in [-0.1, -0.05) is 27.7 Å². The number of nitrogens with one attached hydrogen (secondary N) is 3. The minimum absolute atomic E-state index is 0.634. The van der Waals surface area contributed by atoms with Crippen LogP contribution < -0.4 is 16.0 Å². The molecule has 3 nitrogen and oxygen atoms in total. The average molecular weight is 205 g/mol. The van der Waals surface area contributed by atoms with E-state index in [1.165, 1.54) is 6.42 Å². The van der Waals surface area contributed by atoms with Gasteiger partial charge in [-0.25, -0.2) is 0 Å². The zero-order valence-corrected chi connectivity index (χ0v) is 11.2. The van der Waals surface area contributed by atoms with Crippen molar-refractivity contribution < 1.29 is 0 Å². The Labute approximate surface area is 91.0 Å². The molecule has 14 heavy (non-hydrogen) atoms. The van der Waals surface area contributed by atoms with Crippen molar-refractivity contribution in [2.45, 2.75) is 40.2 Å². The third kappa shape index (κ3) is 59.1. The van der Waals surface area contributed by atoms with Gasteiger partial charge in [0.25, 0.3) is 0 Å². The molecule has 0 amide bonds. The summed E-state index contributed by atoms with van der Waals surface area (Å²) in [7, 11) is 5.84. The third-order valence-electron chi connectivity index (χ3n) is 1.43. The van der Waals surface area contributed by atoms with Crippen LogP contribution in [0, 0.1) is 0 Å². The van der Waals surface area contributed by atoms with E-state index in [1.807, 2.05) is 21.1 Å². The first-order chi connectivity index (χ1) is 6.60. The Morgan fingerprint density at radius 2 is 1.29 bits per heavy atom. The molecule has 0 spiro atoms. The quantitative estimate of drug-likeness (QED) is 0.650. The lowest BCUT2D eigenvalue weighted by molar-refractivity contribution is 0.668. The fraction of sp³-hybridized carbons (Fsp3) is 1.00. The standard InChI is InChI=1S/2C4H11N.C3H9N/c1-4(2)5-3;1-3-4-5-2;1-3-4-2/h4-5H,1-3H3;5H,3-4H2,1-2H3;4H,3H2,1-2H3. The van der Waals surface area contributed by atoms with Crippen LogP contribution in [0.2, 0.25) is 0 Å². The predicted molar refractivity (Wildman–Crippen MR) is 68.0 cm³/mol. The van der Waals surface area contributed by atoms with Gasteiger partial charge in [0.05, 0.1) is 0 Å². The van der Waals surface area contributed by atoms with Crippen LogP contribution in [-0.4, -0.2) is 40.3 Å². The predicted octanol–water partition coefficient (Wildman–Crippen LogP) is 1.46. The summed E-state index contributed by atoms with van der Waals surface area (Å²) >= 11 is 0. The first-order valence-corrected chi connectivity index (χ1v) is 5.56. The summed E-state index contributed by atoms with van der Waals surface area (Å²) in [6.45, 7) is 10.6. The Hall–Kier alpha value is -0.120. The molecule has 0 saturated heterocycles. The molecule has 3 N–H and O–H groups in total. The van der Waals surface area contributed by atoms with E-state index in [1.54, 1.807) is 0 Å². The summed E-state index contributed by atoms with van der Waals surface area (Å²) in [5.41, 5.74) is 0. The fourth-order valence-corrected chi connectivity index (χ4v) is 0.250. The van der Waals surface area contributed by atoms with E-state index in [2.05, 4.69) is 43.6 Å². The van der Waals surface area contributed by atoms with Gasteiger partial charge in [-0.2, -0.15) is 0 Å². The molecule has 0 aliphatic carbocycles. The summed E-state index contributed by atoms with van der Waals surface area (Å²) in [4.78, 5) is 0. The third-order valence-corrected chi connectivity index (χ3v) is 1.43. The molecule has 0 aromatic carbocycles. The van der Waals surface area contributed by atoms with E-state index in [9.17, 15) is 0 Å². The number of hydrogen-bond acceptors (Lipinski definition) is 3. The second-order valence-corrected chi connectivity index (χ2v) is 3.25. The van der Waals surface area contributed by atoms with Gasteiger partial charge in [-0.15, -0.1) is 0 Å². The van der Waals surface area contributed by atoms with Crippen molar-refractivity contribution in [3.63, 3.8) is 0 Å². The van der Waals surface area contributed by atoms with Gasteiger partial charge < -0.3 is 16.0 Å². The first-order valence-electron chi connectivity index (χ1n) is 5.56. The Balaban J connectivity index is -0.000000131. The van der Waals surface area contributed by atoms with Crippen LogP contribution in [0.4, 0.5) is 0 Å². The highest BCUT2D eigenvalue weighted by Gasteiger charge is 1.76. The highest BCUT2D eigenvalue weighted by atomic mass is 14.8. The number of hydrogen-bond donors (Lipinski definition) is 3. The van der Waals surface area contributed by atoms with E-state index in [-0.39, 0.29) is 0 Å². The van der Waals surface area contributed by atoms with Crippen molar-refractivity contribution in [1.29, 1.82) is 0 Å². The van der Waals surface area contributed by atoms with Gasteiger partial charge in [0, 0.05) is 6.04 Å².